The first-order chi connectivity index (χ1) is 14.3. The summed E-state index contributed by atoms with van der Waals surface area (Å²) in [4.78, 5) is 0. The van der Waals surface area contributed by atoms with Gasteiger partial charge in [-0.25, -0.2) is 5.11 Å². The fourth-order valence-corrected chi connectivity index (χ4v) is 5.54. The van der Waals surface area contributed by atoms with Crippen molar-refractivity contribution in [2.24, 2.45) is 11.8 Å². The van der Waals surface area contributed by atoms with Gasteiger partial charge in [0.25, 0.3) is 0 Å². The predicted molar refractivity (Wildman–Crippen MR) is 124 cm³/mol. The van der Waals surface area contributed by atoms with E-state index in [2.05, 4.69) is 6.92 Å². The number of rotatable bonds is 20. The molecule has 2 radical (unpaired) electrons. The van der Waals surface area contributed by atoms with Gasteiger partial charge in [0.2, 0.25) is 0 Å². The highest BCUT2D eigenvalue weighted by molar-refractivity contribution is 4.96. The molecule has 0 saturated heterocycles. The topological polar surface area (TPSA) is 29.1 Å². The average Bonchev–Trinajstić information content (AvgIpc) is 3.29. The van der Waals surface area contributed by atoms with Gasteiger partial charge in [-0.1, -0.05) is 116 Å². The van der Waals surface area contributed by atoms with Crippen LogP contribution in [0.15, 0.2) is 0 Å². The van der Waals surface area contributed by atoms with Crippen LogP contribution in [-0.2, 0) is 9.84 Å². The molecule has 4 unspecified atom stereocenters. The van der Waals surface area contributed by atoms with Crippen molar-refractivity contribution in [3.8, 4) is 0 Å². The lowest BCUT2D eigenvalue weighted by molar-refractivity contribution is -0.0317. The fourth-order valence-electron chi connectivity index (χ4n) is 5.54. The molecule has 4 atom stereocenters. The van der Waals surface area contributed by atoms with Gasteiger partial charge in [0.15, 0.2) is 0 Å². The van der Waals surface area contributed by atoms with Crippen LogP contribution in [0.1, 0.15) is 135 Å². The summed E-state index contributed by atoms with van der Waals surface area (Å²) in [6.07, 6.45) is 28.2. The van der Waals surface area contributed by atoms with Crippen LogP contribution >= 0.6 is 0 Å². The Kier molecular flexibility index (Phi) is 14.4. The van der Waals surface area contributed by atoms with Crippen molar-refractivity contribution < 1.29 is 9.84 Å². The summed E-state index contributed by atoms with van der Waals surface area (Å²) in [7, 11) is 0. The average molecular weight is 407 g/mol. The van der Waals surface area contributed by atoms with Gasteiger partial charge in [0, 0.05) is 6.61 Å². The van der Waals surface area contributed by atoms with Crippen LogP contribution < -0.4 is 0 Å². The van der Waals surface area contributed by atoms with Crippen molar-refractivity contribution >= 4 is 0 Å². The van der Waals surface area contributed by atoms with Crippen molar-refractivity contribution in [2.45, 2.75) is 147 Å². The summed E-state index contributed by atoms with van der Waals surface area (Å²) in [5.74, 6) is 1.03. The van der Waals surface area contributed by atoms with E-state index in [0.717, 1.165) is 32.3 Å². The number of ether oxygens (including phenoxy) is 1. The number of fused-ring (bicyclic) bond motifs is 2. The van der Waals surface area contributed by atoms with E-state index in [-0.39, 0.29) is 6.10 Å². The first-order valence-corrected chi connectivity index (χ1v) is 13.4. The molecule has 29 heavy (non-hydrogen) atoms. The highest BCUT2D eigenvalue weighted by Gasteiger charge is 2.46. The molecule has 0 aliphatic heterocycles. The van der Waals surface area contributed by atoms with Crippen molar-refractivity contribution in [1.29, 1.82) is 0 Å². The molecule has 2 nitrogen and oxygen atoms in total. The second-order valence-corrected chi connectivity index (χ2v) is 10.0. The quantitative estimate of drug-likeness (QED) is 0.186. The molecule has 2 bridgehead atoms. The summed E-state index contributed by atoms with van der Waals surface area (Å²) < 4.78 is 6.07. The molecule has 170 valence electrons. The van der Waals surface area contributed by atoms with E-state index in [4.69, 9.17) is 4.74 Å². The standard InChI is InChI=1S/C27H50O2/c1-2-3-4-5-6-7-8-9-10-11-12-13-14-15-16-17-18-19-20-29-27-23-24-21-25(27)22-26(24)28/h24-27H,1-23H2. The van der Waals surface area contributed by atoms with Gasteiger partial charge in [-0.3, -0.25) is 0 Å². The summed E-state index contributed by atoms with van der Waals surface area (Å²) in [6.45, 7) is 4.83. The smallest absolute Gasteiger partial charge is 0.0962 e. The summed E-state index contributed by atoms with van der Waals surface area (Å²) in [6, 6.07) is 0. The normalized spacial score (nSPS) is 25.9. The molecule has 0 amide bonds. The SMILES string of the molecule is [CH2]CCCCCCCCCCCCCCCCCCCOC1CC2CC1CC2[O]. The molecule has 2 rings (SSSR count). The minimum absolute atomic E-state index is 0.275. The van der Waals surface area contributed by atoms with Gasteiger partial charge in [-0.05, 0) is 37.5 Å². The molecular formula is C27H50O2. The molecule has 0 aromatic heterocycles. The van der Waals surface area contributed by atoms with Crippen molar-refractivity contribution in [1.82, 2.24) is 0 Å². The molecular weight excluding hydrogens is 356 g/mol. The minimum atomic E-state index is -0.275. The van der Waals surface area contributed by atoms with E-state index < -0.39 is 0 Å². The molecule has 2 aliphatic carbocycles. The van der Waals surface area contributed by atoms with Crippen molar-refractivity contribution in [3.05, 3.63) is 6.92 Å². The van der Waals surface area contributed by atoms with Gasteiger partial charge in [0.1, 0.15) is 0 Å². The van der Waals surface area contributed by atoms with Crippen LogP contribution in [0.25, 0.3) is 0 Å². The minimum Gasteiger partial charge on any atom is -0.378 e. The monoisotopic (exact) mass is 406 g/mol. The lowest BCUT2D eigenvalue weighted by atomic mass is 9.95. The predicted octanol–water partition coefficient (Wildman–Crippen LogP) is 8.46. The second-order valence-electron chi connectivity index (χ2n) is 10.0. The molecule has 0 spiro atoms. The molecule has 0 N–H and O–H groups in total. The van der Waals surface area contributed by atoms with Crippen LogP contribution in [0.2, 0.25) is 0 Å². The van der Waals surface area contributed by atoms with E-state index in [9.17, 15) is 5.11 Å². The van der Waals surface area contributed by atoms with E-state index >= 15 is 0 Å². The Bertz CT molecular complexity index is 368. The van der Waals surface area contributed by atoms with Gasteiger partial charge < -0.3 is 4.74 Å². The highest BCUT2D eigenvalue weighted by Crippen LogP contribution is 2.46. The largest absolute Gasteiger partial charge is 0.378 e. The number of unbranched alkanes of at least 4 members (excludes halogenated alkanes) is 17. The zero-order valence-electron chi connectivity index (χ0n) is 19.4. The third kappa shape index (κ3) is 11.2. The highest BCUT2D eigenvalue weighted by atomic mass is 16.5. The molecule has 2 heteroatoms. The third-order valence-electron chi connectivity index (χ3n) is 7.45. The van der Waals surface area contributed by atoms with Crippen LogP contribution in [-0.4, -0.2) is 18.8 Å². The molecule has 0 heterocycles. The number of hydrogen-bond acceptors (Lipinski definition) is 1. The zero-order valence-corrected chi connectivity index (χ0v) is 19.4. The first-order valence-electron chi connectivity index (χ1n) is 13.4. The molecule has 0 aromatic rings. The lowest BCUT2D eigenvalue weighted by Crippen LogP contribution is -2.27. The Labute approximate surface area is 182 Å². The van der Waals surface area contributed by atoms with Crippen LogP contribution in [0.4, 0.5) is 0 Å². The maximum atomic E-state index is 11.7. The van der Waals surface area contributed by atoms with E-state index in [1.807, 2.05) is 0 Å². The van der Waals surface area contributed by atoms with Gasteiger partial charge in [-0.2, -0.15) is 0 Å². The Morgan fingerprint density at radius 1 is 0.552 bits per heavy atom. The van der Waals surface area contributed by atoms with E-state index in [1.165, 1.54) is 109 Å². The summed E-state index contributed by atoms with van der Waals surface area (Å²) in [5, 5.41) is 11.7. The van der Waals surface area contributed by atoms with Crippen LogP contribution in [0, 0.1) is 18.8 Å². The fraction of sp³-hybridized carbons (Fsp3) is 0.963. The maximum absolute atomic E-state index is 11.7. The Morgan fingerprint density at radius 3 is 1.38 bits per heavy atom. The van der Waals surface area contributed by atoms with Gasteiger partial charge in [0.05, 0.1) is 12.2 Å². The maximum Gasteiger partial charge on any atom is 0.0962 e. The zero-order chi connectivity index (χ0) is 20.6. The molecule has 2 aliphatic rings. The molecule has 2 fully saturated rings. The van der Waals surface area contributed by atoms with Gasteiger partial charge in [-0.15, -0.1) is 0 Å². The van der Waals surface area contributed by atoms with Crippen LogP contribution in [0.3, 0.4) is 0 Å². The van der Waals surface area contributed by atoms with E-state index in [1.54, 1.807) is 0 Å². The Balaban J connectivity index is 1.21. The van der Waals surface area contributed by atoms with Gasteiger partial charge >= 0.3 is 0 Å². The lowest BCUT2D eigenvalue weighted by Gasteiger charge is -2.24. The van der Waals surface area contributed by atoms with Crippen LogP contribution in [0.5, 0.6) is 0 Å². The Morgan fingerprint density at radius 2 is 1.00 bits per heavy atom. The second kappa shape index (κ2) is 16.6. The Hall–Kier alpha value is -0.0800. The first kappa shape index (κ1) is 25.2. The molecule has 2 saturated carbocycles. The van der Waals surface area contributed by atoms with Crippen molar-refractivity contribution in [3.63, 3.8) is 0 Å². The summed E-state index contributed by atoms with van der Waals surface area (Å²) in [5.41, 5.74) is 0. The number of hydrogen-bond donors (Lipinski definition) is 0. The summed E-state index contributed by atoms with van der Waals surface area (Å²) >= 11 is 0. The van der Waals surface area contributed by atoms with Crippen molar-refractivity contribution in [2.75, 3.05) is 6.61 Å². The third-order valence-corrected chi connectivity index (χ3v) is 7.45. The molecule has 0 aromatic carbocycles. The van der Waals surface area contributed by atoms with E-state index in [0.29, 0.717) is 17.9 Å².